The number of benzene rings is 2. The van der Waals surface area contributed by atoms with Gasteiger partial charge in [0.2, 0.25) is 5.91 Å². The van der Waals surface area contributed by atoms with Gasteiger partial charge in [0.05, 0.1) is 0 Å². The monoisotopic (exact) mass is 380 g/mol. The molecule has 3 aromatic rings. The highest BCUT2D eigenvalue weighted by Crippen LogP contribution is 2.21. The summed E-state index contributed by atoms with van der Waals surface area (Å²) in [6.45, 7) is 1.42. The molecule has 0 aliphatic heterocycles. The summed E-state index contributed by atoms with van der Waals surface area (Å²) >= 11 is 5.98. The molecule has 3 N–H and O–H groups in total. The van der Waals surface area contributed by atoms with Crippen LogP contribution in [0.1, 0.15) is 17.4 Å². The maximum absolute atomic E-state index is 12.5. The second-order valence-corrected chi connectivity index (χ2v) is 6.22. The van der Waals surface area contributed by atoms with E-state index in [-0.39, 0.29) is 17.5 Å². The Labute approximate surface area is 161 Å². The molecule has 7 heteroatoms. The van der Waals surface area contributed by atoms with Gasteiger partial charge in [0.1, 0.15) is 5.69 Å². The van der Waals surface area contributed by atoms with E-state index in [1.807, 2.05) is 12.1 Å². The quantitative estimate of drug-likeness (QED) is 0.599. The summed E-state index contributed by atoms with van der Waals surface area (Å²) in [6, 6.07) is 17.6. The van der Waals surface area contributed by atoms with Crippen LogP contribution in [0.15, 0.2) is 66.9 Å². The minimum absolute atomic E-state index is 0.181. The first-order valence-electron chi connectivity index (χ1n) is 8.17. The topological polar surface area (TPSA) is 83.1 Å². The number of hydrogen-bond acceptors (Lipinski definition) is 4. The first kappa shape index (κ1) is 18.4. The predicted molar refractivity (Wildman–Crippen MR) is 108 cm³/mol. The molecule has 0 aliphatic rings. The Bertz CT molecular complexity index is 991. The fraction of sp³-hybridized carbons (Fsp3) is 0.0500. The van der Waals surface area contributed by atoms with E-state index in [0.717, 1.165) is 5.69 Å². The summed E-state index contributed by atoms with van der Waals surface area (Å²) in [7, 11) is 0. The molecule has 0 fully saturated rings. The molecule has 0 spiro atoms. The maximum atomic E-state index is 12.5. The van der Waals surface area contributed by atoms with Gasteiger partial charge in [-0.05, 0) is 48.5 Å². The van der Waals surface area contributed by atoms with E-state index in [2.05, 4.69) is 20.9 Å². The van der Waals surface area contributed by atoms with Gasteiger partial charge in [-0.1, -0.05) is 23.7 Å². The minimum atomic E-state index is -0.357. The van der Waals surface area contributed by atoms with Crippen molar-refractivity contribution in [1.82, 2.24) is 4.98 Å². The van der Waals surface area contributed by atoms with Gasteiger partial charge in [-0.3, -0.25) is 14.6 Å². The number of halogens is 1. The lowest BCUT2D eigenvalue weighted by atomic mass is 10.2. The van der Waals surface area contributed by atoms with Crippen molar-refractivity contribution >= 4 is 46.2 Å². The van der Waals surface area contributed by atoms with Crippen LogP contribution < -0.4 is 16.0 Å². The molecule has 1 heterocycles. The third-order valence-corrected chi connectivity index (χ3v) is 3.78. The lowest BCUT2D eigenvalue weighted by molar-refractivity contribution is -0.114. The molecule has 0 bridgehead atoms. The number of pyridine rings is 1. The number of carbonyl (C=O) groups excluding carboxylic acids is 2. The molecule has 0 radical (unpaired) electrons. The largest absolute Gasteiger partial charge is 0.355 e. The molecule has 27 heavy (non-hydrogen) atoms. The van der Waals surface area contributed by atoms with Crippen molar-refractivity contribution in [3.05, 3.63) is 77.6 Å². The van der Waals surface area contributed by atoms with Crippen molar-refractivity contribution in [3.63, 3.8) is 0 Å². The highest BCUT2D eigenvalue weighted by atomic mass is 35.5. The third-order valence-electron chi connectivity index (χ3n) is 3.55. The first-order valence-corrected chi connectivity index (χ1v) is 8.55. The van der Waals surface area contributed by atoms with Crippen LogP contribution in [0.2, 0.25) is 5.02 Å². The third kappa shape index (κ3) is 5.29. The van der Waals surface area contributed by atoms with E-state index in [9.17, 15) is 9.59 Å². The average Bonchev–Trinajstić information content (AvgIpc) is 2.62. The van der Waals surface area contributed by atoms with E-state index in [0.29, 0.717) is 22.1 Å². The van der Waals surface area contributed by atoms with E-state index in [4.69, 9.17) is 11.6 Å². The Balaban J connectivity index is 1.73. The Morgan fingerprint density at radius 3 is 2.26 bits per heavy atom. The van der Waals surface area contributed by atoms with Crippen LogP contribution in [-0.4, -0.2) is 16.8 Å². The van der Waals surface area contributed by atoms with Gasteiger partial charge in [0.25, 0.3) is 5.91 Å². The standard InChI is InChI=1S/C20H17ClN4O2/c1-13(26)23-16-6-3-7-17(11-16)25-20(27)19-12-18(8-9-22-19)24-15-5-2-4-14(21)10-15/h2-12H,1H3,(H,22,24)(H,23,26)(H,25,27). The molecular weight excluding hydrogens is 364 g/mol. The molecule has 0 saturated carbocycles. The summed E-state index contributed by atoms with van der Waals surface area (Å²) in [5.74, 6) is -0.537. The van der Waals surface area contributed by atoms with Crippen molar-refractivity contribution in [3.8, 4) is 0 Å². The molecule has 136 valence electrons. The fourth-order valence-corrected chi connectivity index (χ4v) is 2.63. The highest BCUT2D eigenvalue weighted by Gasteiger charge is 2.09. The van der Waals surface area contributed by atoms with Crippen LogP contribution >= 0.6 is 11.6 Å². The number of rotatable bonds is 5. The van der Waals surface area contributed by atoms with E-state index in [1.54, 1.807) is 54.7 Å². The van der Waals surface area contributed by atoms with Gasteiger partial charge < -0.3 is 16.0 Å². The average molecular weight is 381 g/mol. The normalized spacial score (nSPS) is 10.1. The van der Waals surface area contributed by atoms with Gasteiger partial charge in [0, 0.05) is 40.9 Å². The van der Waals surface area contributed by atoms with Gasteiger partial charge in [-0.25, -0.2) is 0 Å². The summed E-state index contributed by atoms with van der Waals surface area (Å²) in [5, 5.41) is 9.24. The molecule has 0 saturated heterocycles. The second kappa shape index (κ2) is 8.33. The van der Waals surface area contributed by atoms with E-state index >= 15 is 0 Å². The number of nitrogens with one attached hydrogen (secondary N) is 3. The summed E-state index contributed by atoms with van der Waals surface area (Å²) in [4.78, 5) is 27.8. The highest BCUT2D eigenvalue weighted by molar-refractivity contribution is 6.30. The van der Waals surface area contributed by atoms with Crippen LogP contribution in [-0.2, 0) is 4.79 Å². The van der Waals surface area contributed by atoms with Crippen molar-refractivity contribution < 1.29 is 9.59 Å². The Hall–Kier alpha value is -3.38. The maximum Gasteiger partial charge on any atom is 0.274 e. The van der Waals surface area contributed by atoms with E-state index < -0.39 is 0 Å². The molecular formula is C20H17ClN4O2. The van der Waals surface area contributed by atoms with Gasteiger partial charge >= 0.3 is 0 Å². The SMILES string of the molecule is CC(=O)Nc1cccc(NC(=O)c2cc(Nc3cccc(Cl)c3)ccn2)c1. The zero-order chi connectivity index (χ0) is 19.2. The molecule has 6 nitrogen and oxygen atoms in total. The molecule has 0 atom stereocenters. The van der Waals surface area contributed by atoms with Crippen molar-refractivity contribution in [2.45, 2.75) is 6.92 Å². The molecule has 0 unspecified atom stereocenters. The molecule has 3 rings (SSSR count). The zero-order valence-corrected chi connectivity index (χ0v) is 15.2. The first-order chi connectivity index (χ1) is 13.0. The van der Waals surface area contributed by atoms with Crippen LogP contribution in [0, 0.1) is 0 Å². The number of amides is 2. The fourth-order valence-electron chi connectivity index (χ4n) is 2.44. The second-order valence-electron chi connectivity index (χ2n) is 5.78. The number of hydrogen-bond donors (Lipinski definition) is 3. The number of nitrogens with zero attached hydrogens (tertiary/aromatic N) is 1. The summed E-state index contributed by atoms with van der Waals surface area (Å²) in [6.07, 6.45) is 1.55. The van der Waals surface area contributed by atoms with Gasteiger partial charge in [0.15, 0.2) is 0 Å². The molecule has 2 aromatic carbocycles. The van der Waals surface area contributed by atoms with Gasteiger partial charge in [-0.15, -0.1) is 0 Å². The summed E-state index contributed by atoms with van der Waals surface area (Å²) in [5.41, 5.74) is 2.94. The lowest BCUT2D eigenvalue weighted by Crippen LogP contribution is -2.14. The molecule has 2 amide bonds. The van der Waals surface area contributed by atoms with Crippen molar-refractivity contribution in [2.75, 3.05) is 16.0 Å². The van der Waals surface area contributed by atoms with Crippen molar-refractivity contribution in [2.24, 2.45) is 0 Å². The number of aromatic nitrogens is 1. The Morgan fingerprint density at radius 1 is 0.852 bits per heavy atom. The predicted octanol–water partition coefficient (Wildman–Crippen LogP) is 4.69. The minimum Gasteiger partial charge on any atom is -0.355 e. The van der Waals surface area contributed by atoms with Crippen molar-refractivity contribution in [1.29, 1.82) is 0 Å². The smallest absolute Gasteiger partial charge is 0.274 e. The Morgan fingerprint density at radius 2 is 1.52 bits per heavy atom. The Kier molecular flexibility index (Phi) is 5.68. The summed E-state index contributed by atoms with van der Waals surface area (Å²) < 4.78 is 0. The lowest BCUT2D eigenvalue weighted by Gasteiger charge is -2.10. The van der Waals surface area contributed by atoms with E-state index in [1.165, 1.54) is 6.92 Å². The number of carbonyl (C=O) groups is 2. The zero-order valence-electron chi connectivity index (χ0n) is 14.5. The van der Waals surface area contributed by atoms with Gasteiger partial charge in [-0.2, -0.15) is 0 Å². The number of anilines is 4. The molecule has 0 aliphatic carbocycles. The van der Waals surface area contributed by atoms with Crippen LogP contribution in [0.3, 0.4) is 0 Å². The van der Waals surface area contributed by atoms with Crippen LogP contribution in [0.5, 0.6) is 0 Å². The van der Waals surface area contributed by atoms with Crippen LogP contribution in [0.25, 0.3) is 0 Å². The van der Waals surface area contributed by atoms with Crippen LogP contribution in [0.4, 0.5) is 22.7 Å². The molecule has 1 aromatic heterocycles.